The monoisotopic (exact) mass is 995 g/mol. The van der Waals surface area contributed by atoms with Crippen molar-refractivity contribution in [3.05, 3.63) is 87.1 Å². The van der Waals surface area contributed by atoms with E-state index in [4.69, 9.17) is 9.72 Å². The first kappa shape index (κ1) is 46.0. The summed E-state index contributed by atoms with van der Waals surface area (Å²) in [5, 5.41) is 8.99. The average Bonchev–Trinajstić information content (AvgIpc) is 3.58. The van der Waals surface area contributed by atoms with E-state index < -0.39 is 22.0 Å². The second kappa shape index (κ2) is 19.2. The number of methoxy groups -OCH3 is 1. The molecule has 3 aliphatic heterocycles. The van der Waals surface area contributed by atoms with Crippen LogP contribution in [0.5, 0.6) is 5.75 Å². The van der Waals surface area contributed by atoms with Crippen molar-refractivity contribution in [2.45, 2.75) is 57.5 Å². The van der Waals surface area contributed by atoms with E-state index in [1.165, 1.54) is 11.8 Å². The number of carbonyl (C=O) groups excluding carboxylic acids is 2. The van der Waals surface area contributed by atoms with Crippen molar-refractivity contribution in [1.82, 2.24) is 44.2 Å². The van der Waals surface area contributed by atoms with Crippen molar-refractivity contribution in [3.63, 3.8) is 0 Å². The normalized spacial score (nSPS) is 17.8. The Morgan fingerprint density at radius 1 is 0.910 bits per heavy atom. The Balaban J connectivity index is 0.817. The minimum Gasteiger partial charge on any atom is -0.494 e. The molecule has 1 atom stereocenters. The van der Waals surface area contributed by atoms with Crippen molar-refractivity contribution >= 4 is 94.4 Å². The second-order valence-electron chi connectivity index (χ2n) is 17.3. The van der Waals surface area contributed by atoms with Gasteiger partial charge in [-0.05, 0) is 83.4 Å². The first-order valence-electron chi connectivity index (χ1n) is 22.5. The van der Waals surface area contributed by atoms with Gasteiger partial charge in [0.1, 0.15) is 23.1 Å². The number of nitrogens with one attached hydrogen (secondary N) is 4. The van der Waals surface area contributed by atoms with Crippen LogP contribution in [0.3, 0.4) is 0 Å². The van der Waals surface area contributed by atoms with E-state index >= 15 is 0 Å². The number of piperazine rings is 1. The van der Waals surface area contributed by atoms with Gasteiger partial charge in [-0.15, -0.1) is 0 Å². The number of hydrogen-bond acceptors (Lipinski definition) is 15. The van der Waals surface area contributed by atoms with Gasteiger partial charge < -0.3 is 25.2 Å². The highest BCUT2D eigenvalue weighted by atomic mass is 79.9. The number of benzene rings is 3. The van der Waals surface area contributed by atoms with Crippen molar-refractivity contribution in [2.24, 2.45) is 7.05 Å². The van der Waals surface area contributed by atoms with Crippen LogP contribution in [0.2, 0.25) is 0 Å². The van der Waals surface area contributed by atoms with Crippen LogP contribution in [0.15, 0.2) is 70.3 Å². The number of carbonyl (C=O) groups is 2. The summed E-state index contributed by atoms with van der Waals surface area (Å²) in [6.45, 7) is 8.81. The average molecular weight is 997 g/mol. The fraction of sp³-hybridized carbons (Fsp3) is 0.413. The lowest BCUT2D eigenvalue weighted by Gasteiger charge is -2.43. The first-order valence-corrected chi connectivity index (χ1v) is 25.2. The van der Waals surface area contributed by atoms with Crippen LogP contribution in [0, 0.1) is 0 Å². The SMILES string of the molecule is CCc1cc(Nc2ncc(Br)c(Nc3ccc4nccnc4c3NS(C)(=O)=O)n2)c(OC)cc1N1CCC(N2CCN(CCc3cccc4c3n(C)c(=O)n4C3CCC(=O)NC3=O)CC2)CC1. The summed E-state index contributed by atoms with van der Waals surface area (Å²) < 4.78 is 37.0. The maximum atomic E-state index is 13.4. The number of nitrogens with zero attached hydrogens (tertiary/aromatic N) is 9. The molecule has 21 heteroatoms. The van der Waals surface area contributed by atoms with Crippen LogP contribution in [0.4, 0.5) is 34.5 Å². The fourth-order valence-corrected chi connectivity index (χ4v) is 10.6. The summed E-state index contributed by atoms with van der Waals surface area (Å²) in [5.74, 6) is 0.640. The van der Waals surface area contributed by atoms with E-state index in [0.29, 0.717) is 51.2 Å². The van der Waals surface area contributed by atoms with Crippen molar-refractivity contribution in [2.75, 3.05) is 79.4 Å². The maximum absolute atomic E-state index is 13.4. The number of amides is 2. The molecule has 19 nitrogen and oxygen atoms in total. The van der Waals surface area contributed by atoms with E-state index in [1.807, 2.05) is 12.1 Å². The van der Waals surface area contributed by atoms with Gasteiger partial charge in [0.15, 0.2) is 0 Å². The Hall–Kier alpha value is -6.16. The number of halogens is 1. The molecule has 6 heterocycles. The number of anilines is 6. The number of para-hydroxylation sites is 1. The molecule has 6 aromatic rings. The molecule has 0 bridgehead atoms. The van der Waals surface area contributed by atoms with Crippen molar-refractivity contribution in [1.29, 1.82) is 0 Å². The van der Waals surface area contributed by atoms with Crippen molar-refractivity contribution < 1.29 is 22.7 Å². The number of ether oxygens (including phenoxy) is 1. The predicted octanol–water partition coefficient (Wildman–Crippen LogP) is 5.07. The maximum Gasteiger partial charge on any atom is 0.329 e. The number of imide groups is 1. The highest BCUT2D eigenvalue weighted by Gasteiger charge is 2.33. The molecule has 9 rings (SSSR count). The fourth-order valence-electron chi connectivity index (χ4n) is 9.70. The minimum atomic E-state index is -3.65. The van der Waals surface area contributed by atoms with Gasteiger partial charge in [-0.3, -0.25) is 43.6 Å². The standard InChI is InChI=1S/C46H54BrN13O6S/c1-5-28-25-34(52-45-50-27-31(47)43(54-45)51-33-10-9-32-40(49-17-16-48-32)41(33)55-67(4,64)65)38(66-3)26-37(28)59-19-14-30(15-20-59)58-23-21-57(22-24-58)18-13-29-7-6-8-35-42(29)56(2)46(63)60(35)36-11-12-39(61)53-44(36)62/h6-10,16-17,25-27,30,36,55H,5,11-15,18-24H2,1-4H3,(H,53,61,62)(H2,50,51,52,54). The molecular formula is C46H54BrN13O6S. The Morgan fingerprint density at radius 2 is 1.69 bits per heavy atom. The molecule has 3 fully saturated rings. The number of imidazole rings is 1. The van der Waals surface area contributed by atoms with E-state index in [0.717, 1.165) is 106 Å². The summed E-state index contributed by atoms with van der Waals surface area (Å²) in [6, 6.07) is 13.4. The minimum absolute atomic E-state index is 0.212. The van der Waals surface area contributed by atoms with Gasteiger partial charge in [0, 0.05) is 95.7 Å². The summed E-state index contributed by atoms with van der Waals surface area (Å²) in [5.41, 5.74) is 7.04. The van der Waals surface area contributed by atoms with Gasteiger partial charge >= 0.3 is 5.69 Å². The number of rotatable bonds is 14. The van der Waals surface area contributed by atoms with Gasteiger partial charge in [0.05, 0.1) is 51.5 Å². The molecular weight excluding hydrogens is 943 g/mol. The Kier molecular flexibility index (Phi) is 13.2. The van der Waals surface area contributed by atoms with Crippen LogP contribution in [-0.4, -0.2) is 124 Å². The number of aryl methyl sites for hydroxylation is 2. The number of aromatic nitrogens is 6. The summed E-state index contributed by atoms with van der Waals surface area (Å²) in [6.07, 6.45) is 9.98. The zero-order valence-electron chi connectivity index (χ0n) is 37.9. The van der Waals surface area contributed by atoms with E-state index in [9.17, 15) is 22.8 Å². The van der Waals surface area contributed by atoms with E-state index in [-0.39, 0.29) is 23.7 Å². The molecule has 67 heavy (non-hydrogen) atoms. The number of fused-ring (bicyclic) bond motifs is 2. The van der Waals surface area contributed by atoms with Crippen LogP contribution in [-0.2, 0) is 39.5 Å². The molecule has 3 aliphatic rings. The molecule has 0 saturated carbocycles. The van der Waals surface area contributed by atoms with Gasteiger partial charge in [0.2, 0.25) is 27.8 Å². The first-order chi connectivity index (χ1) is 32.3. The second-order valence-corrected chi connectivity index (χ2v) is 19.9. The molecule has 0 radical (unpaired) electrons. The summed E-state index contributed by atoms with van der Waals surface area (Å²) >= 11 is 3.54. The summed E-state index contributed by atoms with van der Waals surface area (Å²) in [4.78, 5) is 63.5. The van der Waals surface area contributed by atoms with Crippen LogP contribution in [0.25, 0.3) is 22.1 Å². The third-order valence-electron chi connectivity index (χ3n) is 13.1. The smallest absolute Gasteiger partial charge is 0.329 e. The highest BCUT2D eigenvalue weighted by Crippen LogP contribution is 2.38. The third kappa shape index (κ3) is 9.68. The largest absolute Gasteiger partial charge is 0.494 e. The molecule has 4 N–H and O–H groups in total. The Labute approximate surface area is 396 Å². The molecule has 1 unspecified atom stereocenters. The van der Waals surface area contributed by atoms with E-state index in [2.05, 4.69) is 91.4 Å². The molecule has 3 aromatic heterocycles. The molecule has 0 spiro atoms. The lowest BCUT2D eigenvalue weighted by Crippen LogP contribution is -2.53. The molecule has 3 saturated heterocycles. The lowest BCUT2D eigenvalue weighted by atomic mass is 9.99. The van der Waals surface area contributed by atoms with Gasteiger partial charge in [-0.1, -0.05) is 19.1 Å². The Bertz CT molecular complexity index is 3040. The lowest BCUT2D eigenvalue weighted by molar-refractivity contribution is -0.135. The van der Waals surface area contributed by atoms with Gasteiger partial charge in [-0.25, -0.2) is 18.2 Å². The number of sulfonamides is 1. The van der Waals surface area contributed by atoms with Gasteiger partial charge in [0.25, 0.3) is 0 Å². The summed E-state index contributed by atoms with van der Waals surface area (Å²) in [7, 11) is -0.244. The number of hydrogen-bond donors (Lipinski definition) is 4. The quantitative estimate of drug-likeness (QED) is 0.105. The van der Waals surface area contributed by atoms with Crippen LogP contribution < -0.4 is 36.0 Å². The zero-order chi connectivity index (χ0) is 47.0. The number of piperidine rings is 2. The molecule has 3 aromatic carbocycles. The van der Waals surface area contributed by atoms with Gasteiger partial charge in [-0.2, -0.15) is 4.98 Å². The third-order valence-corrected chi connectivity index (χ3v) is 14.2. The molecule has 2 amide bonds. The van der Waals surface area contributed by atoms with Crippen LogP contribution in [0.1, 0.15) is 49.8 Å². The topological polar surface area (TPSA) is 214 Å². The van der Waals surface area contributed by atoms with E-state index in [1.54, 1.807) is 47.8 Å². The highest BCUT2D eigenvalue weighted by molar-refractivity contribution is 9.10. The molecule has 0 aliphatic carbocycles. The van der Waals surface area contributed by atoms with Crippen molar-refractivity contribution in [3.8, 4) is 5.75 Å². The Morgan fingerprint density at radius 3 is 2.42 bits per heavy atom. The predicted molar refractivity (Wildman–Crippen MR) is 262 cm³/mol. The zero-order valence-corrected chi connectivity index (χ0v) is 40.3. The molecule has 352 valence electrons. The van der Waals surface area contributed by atoms with Crippen LogP contribution >= 0.6 is 15.9 Å².